The van der Waals surface area contributed by atoms with Gasteiger partial charge in [0.05, 0.1) is 13.2 Å². The first-order valence-electron chi connectivity index (χ1n) is 7.14. The number of aromatic nitrogens is 4. The Hall–Kier alpha value is -1.60. The largest absolute Gasteiger partial charge is 0.493 e. The third-order valence-electron chi connectivity index (χ3n) is 3.57. The number of hydrogen-bond acceptors (Lipinski definition) is 6. The average Bonchev–Trinajstić information content (AvgIpc) is 2.98. The van der Waals surface area contributed by atoms with Crippen molar-refractivity contribution < 1.29 is 4.74 Å². The van der Waals surface area contributed by atoms with E-state index in [9.17, 15) is 0 Å². The Morgan fingerprint density at radius 2 is 2.33 bits per heavy atom. The van der Waals surface area contributed by atoms with Gasteiger partial charge in [0.25, 0.3) is 0 Å². The van der Waals surface area contributed by atoms with Crippen molar-refractivity contribution >= 4 is 11.8 Å². The van der Waals surface area contributed by atoms with Crippen LogP contribution >= 0.6 is 11.8 Å². The normalized spacial score (nSPS) is 17.3. The van der Waals surface area contributed by atoms with Crippen LogP contribution in [-0.4, -0.2) is 46.2 Å². The molecule has 0 saturated carbocycles. The fourth-order valence-electron chi connectivity index (χ4n) is 2.42. The van der Waals surface area contributed by atoms with Gasteiger partial charge in [0.15, 0.2) is 0 Å². The van der Waals surface area contributed by atoms with E-state index in [1.807, 2.05) is 23.9 Å². The summed E-state index contributed by atoms with van der Waals surface area (Å²) in [6.07, 6.45) is 1.04. The zero-order valence-corrected chi connectivity index (χ0v) is 12.8. The van der Waals surface area contributed by atoms with Crippen molar-refractivity contribution in [3.63, 3.8) is 0 Å². The molecule has 0 aliphatic carbocycles. The monoisotopic (exact) mass is 305 g/mol. The van der Waals surface area contributed by atoms with Crippen LogP contribution in [-0.2, 0) is 6.54 Å². The Bertz CT molecular complexity index is 588. The molecule has 7 heteroatoms. The van der Waals surface area contributed by atoms with Crippen LogP contribution in [0.4, 0.5) is 0 Å². The molecule has 1 aromatic heterocycles. The smallest absolute Gasteiger partial charge is 0.209 e. The van der Waals surface area contributed by atoms with Gasteiger partial charge in [-0.05, 0) is 35.5 Å². The van der Waals surface area contributed by atoms with Crippen molar-refractivity contribution in [2.75, 3.05) is 26.0 Å². The van der Waals surface area contributed by atoms with Crippen LogP contribution < -0.4 is 10.1 Å². The Labute approximate surface area is 128 Å². The first-order chi connectivity index (χ1) is 10.4. The van der Waals surface area contributed by atoms with Gasteiger partial charge in [0, 0.05) is 18.2 Å². The van der Waals surface area contributed by atoms with Gasteiger partial charge in [0.1, 0.15) is 5.75 Å². The molecule has 1 unspecified atom stereocenters. The third-order valence-corrected chi connectivity index (χ3v) is 4.69. The number of tetrazole rings is 1. The fourth-order valence-corrected chi connectivity index (χ4v) is 3.49. The maximum Gasteiger partial charge on any atom is 0.209 e. The minimum atomic E-state index is 0.495. The van der Waals surface area contributed by atoms with Crippen LogP contribution in [0.5, 0.6) is 5.75 Å². The second-order valence-corrected chi connectivity index (χ2v) is 5.96. The molecule has 0 radical (unpaired) electrons. The summed E-state index contributed by atoms with van der Waals surface area (Å²) >= 11 is 1.72. The van der Waals surface area contributed by atoms with Crippen molar-refractivity contribution in [3.05, 3.63) is 29.8 Å². The predicted molar refractivity (Wildman–Crippen MR) is 81.8 cm³/mol. The third kappa shape index (κ3) is 3.36. The molecule has 0 amide bonds. The van der Waals surface area contributed by atoms with Gasteiger partial charge >= 0.3 is 0 Å². The lowest BCUT2D eigenvalue weighted by molar-refractivity contribution is 0.273. The molecule has 6 nitrogen and oxygen atoms in total. The highest BCUT2D eigenvalue weighted by molar-refractivity contribution is 7.99. The van der Waals surface area contributed by atoms with Crippen LogP contribution in [0.1, 0.15) is 17.9 Å². The lowest BCUT2D eigenvalue weighted by Crippen LogP contribution is -2.18. The number of benzene rings is 1. The Balaban J connectivity index is 1.65. The first kappa shape index (κ1) is 14.3. The van der Waals surface area contributed by atoms with Crippen molar-refractivity contribution in [3.8, 4) is 5.75 Å². The van der Waals surface area contributed by atoms with Crippen LogP contribution in [0, 0.1) is 0 Å². The van der Waals surface area contributed by atoms with Gasteiger partial charge in [0.2, 0.25) is 5.16 Å². The van der Waals surface area contributed by atoms with Gasteiger partial charge in [-0.3, -0.25) is 0 Å². The second-order valence-electron chi connectivity index (χ2n) is 4.97. The Morgan fingerprint density at radius 1 is 1.43 bits per heavy atom. The van der Waals surface area contributed by atoms with E-state index in [4.69, 9.17) is 4.74 Å². The van der Waals surface area contributed by atoms with Gasteiger partial charge < -0.3 is 10.1 Å². The number of likely N-dealkylation sites (N-methyl/N-ethyl adjacent to an activating group) is 1. The number of nitrogens with one attached hydrogen (secondary N) is 1. The van der Waals surface area contributed by atoms with E-state index in [0.29, 0.717) is 5.92 Å². The molecular weight excluding hydrogens is 286 g/mol. The lowest BCUT2D eigenvalue weighted by atomic mass is 9.95. The van der Waals surface area contributed by atoms with E-state index in [1.54, 1.807) is 11.8 Å². The highest BCUT2D eigenvalue weighted by Crippen LogP contribution is 2.36. The number of rotatable bonds is 6. The van der Waals surface area contributed by atoms with Crippen molar-refractivity contribution in [2.24, 2.45) is 0 Å². The summed E-state index contributed by atoms with van der Waals surface area (Å²) in [5, 5.41) is 15.9. The minimum absolute atomic E-state index is 0.495. The van der Waals surface area contributed by atoms with Crippen LogP contribution in [0.15, 0.2) is 29.4 Å². The number of nitrogens with zero attached hydrogens (tertiary/aromatic N) is 4. The molecule has 112 valence electrons. The molecule has 0 spiro atoms. The number of fused-ring (bicyclic) bond motifs is 1. The summed E-state index contributed by atoms with van der Waals surface area (Å²) in [6.45, 7) is 2.43. The molecule has 0 bridgehead atoms. The van der Waals surface area contributed by atoms with Crippen LogP contribution in [0.25, 0.3) is 0 Å². The first-order valence-corrected chi connectivity index (χ1v) is 8.12. The second kappa shape index (κ2) is 6.91. The number of thioether (sulfide) groups is 1. The van der Waals surface area contributed by atoms with E-state index in [0.717, 1.165) is 42.8 Å². The molecule has 1 aliphatic rings. The Morgan fingerprint density at radius 3 is 3.24 bits per heavy atom. The molecular formula is C14H19N5OS. The molecule has 3 rings (SSSR count). The summed E-state index contributed by atoms with van der Waals surface area (Å²) < 4.78 is 7.56. The molecule has 0 fully saturated rings. The van der Waals surface area contributed by atoms with Gasteiger partial charge in [-0.2, -0.15) is 0 Å². The molecule has 1 N–H and O–H groups in total. The maximum atomic E-state index is 5.70. The van der Waals surface area contributed by atoms with Crippen molar-refractivity contribution in [1.82, 2.24) is 25.5 Å². The van der Waals surface area contributed by atoms with Gasteiger partial charge in [-0.25, -0.2) is 4.68 Å². The summed E-state index contributed by atoms with van der Waals surface area (Å²) in [5.41, 5.74) is 1.30. The summed E-state index contributed by atoms with van der Waals surface area (Å²) in [6, 6.07) is 8.29. The Kier molecular flexibility index (Phi) is 4.72. The average molecular weight is 305 g/mol. The summed E-state index contributed by atoms with van der Waals surface area (Å²) in [7, 11) is 1.93. The van der Waals surface area contributed by atoms with Crippen LogP contribution in [0.3, 0.4) is 0 Å². The quantitative estimate of drug-likeness (QED) is 0.817. The molecule has 2 aromatic rings. The predicted octanol–water partition coefficient (Wildman–Crippen LogP) is 1.55. The highest BCUT2D eigenvalue weighted by Gasteiger charge is 2.22. The molecule has 2 heterocycles. The zero-order valence-electron chi connectivity index (χ0n) is 12.0. The van der Waals surface area contributed by atoms with E-state index >= 15 is 0 Å². The van der Waals surface area contributed by atoms with E-state index in [-0.39, 0.29) is 0 Å². The van der Waals surface area contributed by atoms with Gasteiger partial charge in [-0.15, -0.1) is 5.10 Å². The molecule has 1 aliphatic heterocycles. The zero-order chi connectivity index (χ0) is 14.5. The highest BCUT2D eigenvalue weighted by atomic mass is 32.2. The van der Waals surface area contributed by atoms with Gasteiger partial charge in [-0.1, -0.05) is 30.0 Å². The fraction of sp³-hybridized carbons (Fsp3) is 0.500. The summed E-state index contributed by atoms with van der Waals surface area (Å²) in [5.74, 6) is 2.49. The minimum Gasteiger partial charge on any atom is -0.493 e. The van der Waals surface area contributed by atoms with Crippen LogP contribution in [0.2, 0.25) is 0 Å². The van der Waals surface area contributed by atoms with E-state index in [2.05, 4.69) is 33.0 Å². The SMILES string of the molecule is CNCCn1nnnc1SCC1CCOc2ccccc21. The van der Waals surface area contributed by atoms with E-state index in [1.165, 1.54) is 5.56 Å². The molecule has 1 atom stereocenters. The number of hydrogen-bond donors (Lipinski definition) is 1. The standard InChI is InChI=1S/C14H19N5OS/c1-15-7-8-19-14(16-17-18-19)21-10-11-6-9-20-13-5-3-2-4-12(11)13/h2-5,11,15H,6-10H2,1H3. The molecule has 1 aromatic carbocycles. The number of ether oxygens (including phenoxy) is 1. The van der Waals surface area contributed by atoms with Crippen molar-refractivity contribution in [2.45, 2.75) is 24.0 Å². The number of para-hydroxylation sites is 1. The lowest BCUT2D eigenvalue weighted by Gasteiger charge is -2.25. The maximum absolute atomic E-state index is 5.70. The van der Waals surface area contributed by atoms with E-state index < -0.39 is 0 Å². The van der Waals surface area contributed by atoms with Crippen molar-refractivity contribution in [1.29, 1.82) is 0 Å². The topological polar surface area (TPSA) is 64.9 Å². The molecule has 0 saturated heterocycles. The summed E-state index contributed by atoms with van der Waals surface area (Å²) in [4.78, 5) is 0. The molecule has 21 heavy (non-hydrogen) atoms.